The summed E-state index contributed by atoms with van der Waals surface area (Å²) >= 11 is 0. The van der Waals surface area contributed by atoms with E-state index in [9.17, 15) is 4.39 Å². The fourth-order valence-corrected chi connectivity index (χ4v) is 4.06. The fraction of sp³-hybridized carbons (Fsp3) is 0.667. The molecular formula is C18H26FNO. The van der Waals surface area contributed by atoms with Crippen molar-refractivity contribution >= 4 is 0 Å². The molecule has 1 aromatic rings. The van der Waals surface area contributed by atoms with Crippen LogP contribution in [0.2, 0.25) is 0 Å². The molecule has 0 N–H and O–H groups in total. The van der Waals surface area contributed by atoms with Crippen LogP contribution in [-0.4, -0.2) is 37.2 Å². The van der Waals surface area contributed by atoms with Gasteiger partial charge in [0.05, 0.1) is 6.10 Å². The van der Waals surface area contributed by atoms with Gasteiger partial charge < -0.3 is 4.74 Å². The molecule has 1 heterocycles. The summed E-state index contributed by atoms with van der Waals surface area (Å²) in [6, 6.07) is 7.78. The van der Waals surface area contributed by atoms with Crippen molar-refractivity contribution in [3.63, 3.8) is 0 Å². The zero-order valence-corrected chi connectivity index (χ0v) is 12.9. The number of hydrogen-bond acceptors (Lipinski definition) is 2. The monoisotopic (exact) mass is 291 g/mol. The third kappa shape index (κ3) is 3.64. The maximum Gasteiger partial charge on any atom is 0.123 e. The fourth-order valence-electron chi connectivity index (χ4n) is 4.06. The lowest BCUT2D eigenvalue weighted by atomic mass is 9.87. The summed E-state index contributed by atoms with van der Waals surface area (Å²) in [5.74, 6) is 0.374. The zero-order valence-electron chi connectivity index (χ0n) is 12.9. The number of methoxy groups -OCH3 is 1. The van der Waals surface area contributed by atoms with E-state index in [2.05, 4.69) is 4.90 Å². The van der Waals surface area contributed by atoms with E-state index in [1.54, 1.807) is 12.1 Å². The predicted molar refractivity (Wildman–Crippen MR) is 82.8 cm³/mol. The Balaban J connectivity index is 1.61. The lowest BCUT2D eigenvalue weighted by Crippen LogP contribution is -2.48. The van der Waals surface area contributed by atoms with Crippen LogP contribution in [0, 0.1) is 11.7 Å². The van der Waals surface area contributed by atoms with Crippen LogP contribution in [0.5, 0.6) is 0 Å². The molecule has 1 aliphatic carbocycles. The molecule has 0 unspecified atom stereocenters. The first-order valence-electron chi connectivity index (χ1n) is 8.27. The minimum absolute atomic E-state index is 0.134. The number of halogens is 1. The molecule has 2 nitrogen and oxygen atoms in total. The molecule has 21 heavy (non-hydrogen) atoms. The van der Waals surface area contributed by atoms with Crippen molar-refractivity contribution in [1.82, 2.24) is 4.90 Å². The molecule has 2 atom stereocenters. The Kier molecular flexibility index (Phi) is 4.91. The number of benzene rings is 1. The normalized spacial score (nSPS) is 28.1. The van der Waals surface area contributed by atoms with Gasteiger partial charge in [-0.15, -0.1) is 0 Å². The first-order valence-corrected chi connectivity index (χ1v) is 8.27. The average Bonchev–Trinajstić information content (AvgIpc) is 3.02. The van der Waals surface area contributed by atoms with Crippen LogP contribution in [0.15, 0.2) is 24.3 Å². The Hall–Kier alpha value is -0.930. The maximum absolute atomic E-state index is 13.3. The standard InChI is InChI=1S/C18H26FNO/c1-21-18-13-20(17-7-2-3-8-17)10-9-15(18)11-14-5-4-6-16(19)12-14/h4-6,12,15,17-18H,2-3,7-11,13H2,1H3/t15-,18+/m1/s1. The van der Waals surface area contributed by atoms with Crippen LogP contribution < -0.4 is 0 Å². The second-order valence-electron chi connectivity index (χ2n) is 6.59. The SMILES string of the molecule is CO[C@H]1CN(C2CCCC2)CC[C@@H]1Cc1cccc(F)c1. The first kappa shape index (κ1) is 15.0. The highest BCUT2D eigenvalue weighted by molar-refractivity contribution is 5.17. The van der Waals surface area contributed by atoms with Gasteiger partial charge in [0.25, 0.3) is 0 Å². The number of hydrogen-bond donors (Lipinski definition) is 0. The van der Waals surface area contributed by atoms with E-state index in [4.69, 9.17) is 4.74 Å². The second-order valence-corrected chi connectivity index (χ2v) is 6.59. The molecule has 3 heteroatoms. The molecule has 2 fully saturated rings. The average molecular weight is 291 g/mol. The lowest BCUT2D eigenvalue weighted by Gasteiger charge is -2.40. The van der Waals surface area contributed by atoms with Crippen molar-refractivity contribution in [3.05, 3.63) is 35.6 Å². The van der Waals surface area contributed by atoms with E-state index < -0.39 is 0 Å². The molecule has 0 bridgehead atoms. The van der Waals surface area contributed by atoms with Gasteiger partial charge >= 0.3 is 0 Å². The van der Waals surface area contributed by atoms with Gasteiger partial charge in [-0.1, -0.05) is 25.0 Å². The number of rotatable bonds is 4. The highest BCUT2D eigenvalue weighted by Gasteiger charge is 2.33. The van der Waals surface area contributed by atoms with Crippen LogP contribution in [-0.2, 0) is 11.2 Å². The lowest BCUT2D eigenvalue weighted by molar-refractivity contribution is -0.0238. The Morgan fingerprint density at radius 1 is 1.24 bits per heavy atom. The quantitative estimate of drug-likeness (QED) is 0.839. The summed E-state index contributed by atoms with van der Waals surface area (Å²) in [5.41, 5.74) is 1.09. The van der Waals surface area contributed by atoms with Crippen LogP contribution in [0.1, 0.15) is 37.7 Å². The van der Waals surface area contributed by atoms with E-state index in [0.717, 1.165) is 31.0 Å². The number of ether oxygens (including phenoxy) is 1. The van der Waals surface area contributed by atoms with Crippen molar-refractivity contribution in [2.45, 2.75) is 50.7 Å². The third-order valence-electron chi connectivity index (χ3n) is 5.26. The molecule has 0 spiro atoms. The highest BCUT2D eigenvalue weighted by atomic mass is 19.1. The molecule has 1 saturated heterocycles. The molecular weight excluding hydrogens is 265 g/mol. The van der Waals surface area contributed by atoms with Crippen molar-refractivity contribution in [3.8, 4) is 0 Å². The smallest absolute Gasteiger partial charge is 0.123 e. The topological polar surface area (TPSA) is 12.5 Å². The minimum Gasteiger partial charge on any atom is -0.380 e. The van der Waals surface area contributed by atoms with Crippen molar-refractivity contribution in [1.29, 1.82) is 0 Å². The summed E-state index contributed by atoms with van der Waals surface area (Å²) in [6.45, 7) is 2.21. The van der Waals surface area contributed by atoms with Gasteiger partial charge in [-0.25, -0.2) is 4.39 Å². The van der Waals surface area contributed by atoms with Crippen LogP contribution >= 0.6 is 0 Å². The van der Waals surface area contributed by atoms with Gasteiger partial charge in [-0.2, -0.15) is 0 Å². The Morgan fingerprint density at radius 3 is 2.76 bits per heavy atom. The molecule has 116 valence electrons. The summed E-state index contributed by atoms with van der Waals surface area (Å²) in [7, 11) is 1.82. The molecule has 2 aliphatic rings. The van der Waals surface area contributed by atoms with Gasteiger partial charge in [0, 0.05) is 19.7 Å². The van der Waals surface area contributed by atoms with Gasteiger partial charge in [0.15, 0.2) is 0 Å². The molecule has 0 amide bonds. The molecule has 1 aromatic carbocycles. The maximum atomic E-state index is 13.3. The van der Waals surface area contributed by atoms with Gasteiger partial charge in [0.2, 0.25) is 0 Å². The molecule has 0 aromatic heterocycles. The molecule has 1 aliphatic heterocycles. The van der Waals surface area contributed by atoms with Gasteiger partial charge in [0.1, 0.15) is 5.82 Å². The van der Waals surface area contributed by atoms with E-state index in [-0.39, 0.29) is 11.9 Å². The van der Waals surface area contributed by atoms with Crippen molar-refractivity contribution in [2.75, 3.05) is 20.2 Å². The molecule has 0 radical (unpaired) electrons. The zero-order chi connectivity index (χ0) is 14.7. The summed E-state index contributed by atoms with van der Waals surface area (Å²) in [6.07, 6.45) is 7.83. The number of piperidine rings is 1. The summed E-state index contributed by atoms with van der Waals surface area (Å²) in [5, 5.41) is 0. The Labute approximate surface area is 127 Å². The Morgan fingerprint density at radius 2 is 2.05 bits per heavy atom. The van der Waals surface area contributed by atoms with Gasteiger partial charge in [-0.3, -0.25) is 4.90 Å². The summed E-state index contributed by atoms with van der Waals surface area (Å²) < 4.78 is 19.1. The van der Waals surface area contributed by atoms with Crippen LogP contribution in [0.4, 0.5) is 4.39 Å². The van der Waals surface area contributed by atoms with E-state index in [1.807, 2.05) is 13.2 Å². The van der Waals surface area contributed by atoms with Crippen molar-refractivity contribution < 1.29 is 9.13 Å². The van der Waals surface area contributed by atoms with Crippen LogP contribution in [0.25, 0.3) is 0 Å². The predicted octanol–water partition coefficient (Wildman–Crippen LogP) is 3.65. The summed E-state index contributed by atoms with van der Waals surface area (Å²) in [4.78, 5) is 2.63. The van der Waals surface area contributed by atoms with E-state index in [0.29, 0.717) is 5.92 Å². The second kappa shape index (κ2) is 6.89. The molecule has 3 rings (SSSR count). The minimum atomic E-state index is -0.134. The van der Waals surface area contributed by atoms with Gasteiger partial charge in [-0.05, 0) is 55.8 Å². The van der Waals surface area contributed by atoms with E-state index >= 15 is 0 Å². The Bertz CT molecular complexity index is 458. The highest BCUT2D eigenvalue weighted by Crippen LogP contribution is 2.30. The van der Waals surface area contributed by atoms with Crippen molar-refractivity contribution in [2.24, 2.45) is 5.92 Å². The third-order valence-corrected chi connectivity index (χ3v) is 5.26. The largest absolute Gasteiger partial charge is 0.380 e. The number of nitrogens with zero attached hydrogens (tertiary/aromatic N) is 1. The molecule has 1 saturated carbocycles. The first-order chi connectivity index (χ1) is 10.3. The van der Waals surface area contributed by atoms with Crippen LogP contribution in [0.3, 0.4) is 0 Å². The number of likely N-dealkylation sites (tertiary alicyclic amines) is 1. The van der Waals surface area contributed by atoms with E-state index in [1.165, 1.54) is 38.3 Å².